The second kappa shape index (κ2) is 7.95. The number of hydrogen-bond acceptors (Lipinski definition) is 2. The lowest BCUT2D eigenvalue weighted by atomic mass is 10.1. The fraction of sp³-hybridized carbons (Fsp3) is 0.462. The summed E-state index contributed by atoms with van der Waals surface area (Å²) in [6.07, 6.45) is 0.739. The Morgan fingerprint density at radius 3 is 2.89 bits per heavy atom. The van der Waals surface area contributed by atoms with Gasteiger partial charge in [0.05, 0.1) is 6.61 Å². The van der Waals surface area contributed by atoms with Crippen LogP contribution in [0, 0.1) is 0 Å². The quantitative estimate of drug-likeness (QED) is 0.830. The fourth-order valence-corrected chi connectivity index (χ4v) is 1.85. The monoisotopic (exact) mass is 270 g/mol. The van der Waals surface area contributed by atoms with Crippen LogP contribution in [0.4, 0.5) is 4.79 Å². The highest BCUT2D eigenvalue weighted by Crippen LogP contribution is 2.10. The van der Waals surface area contributed by atoms with Gasteiger partial charge < -0.3 is 15.3 Å². The van der Waals surface area contributed by atoms with Crippen LogP contribution in [-0.2, 0) is 6.42 Å². The molecule has 4 nitrogen and oxygen atoms in total. The number of urea groups is 1. The topological polar surface area (TPSA) is 52.6 Å². The number of carbonyl (C=O) groups is 1. The van der Waals surface area contributed by atoms with Crippen LogP contribution in [0.5, 0.6) is 0 Å². The van der Waals surface area contributed by atoms with E-state index in [9.17, 15) is 4.79 Å². The highest BCUT2D eigenvalue weighted by molar-refractivity contribution is 6.30. The summed E-state index contributed by atoms with van der Waals surface area (Å²) in [7, 11) is 0. The summed E-state index contributed by atoms with van der Waals surface area (Å²) < 4.78 is 0. The first-order chi connectivity index (χ1) is 8.67. The van der Waals surface area contributed by atoms with E-state index in [1.54, 1.807) is 4.90 Å². The third-order valence-electron chi connectivity index (χ3n) is 2.62. The molecule has 1 aromatic carbocycles. The number of hydrogen-bond donors (Lipinski definition) is 2. The van der Waals surface area contributed by atoms with Crippen molar-refractivity contribution in [2.45, 2.75) is 13.3 Å². The molecule has 0 radical (unpaired) electrons. The van der Waals surface area contributed by atoms with E-state index in [0.29, 0.717) is 24.7 Å². The summed E-state index contributed by atoms with van der Waals surface area (Å²) in [5.74, 6) is 0. The largest absolute Gasteiger partial charge is 0.395 e. The van der Waals surface area contributed by atoms with E-state index in [1.807, 2.05) is 31.2 Å². The number of aliphatic hydroxyl groups excluding tert-OH is 1. The van der Waals surface area contributed by atoms with Crippen LogP contribution >= 0.6 is 11.6 Å². The molecule has 0 aromatic heterocycles. The lowest BCUT2D eigenvalue weighted by Gasteiger charge is -2.20. The molecule has 1 aromatic rings. The molecule has 0 aliphatic carbocycles. The molecular weight excluding hydrogens is 252 g/mol. The molecule has 0 saturated carbocycles. The third kappa shape index (κ3) is 4.94. The first-order valence-electron chi connectivity index (χ1n) is 6.05. The number of nitrogens with zero attached hydrogens (tertiary/aromatic N) is 1. The molecule has 1 rings (SSSR count). The minimum absolute atomic E-state index is 0.0183. The van der Waals surface area contributed by atoms with Crippen LogP contribution in [0.15, 0.2) is 24.3 Å². The average molecular weight is 271 g/mol. The van der Waals surface area contributed by atoms with E-state index >= 15 is 0 Å². The number of rotatable bonds is 6. The van der Waals surface area contributed by atoms with Crippen LogP contribution in [0.3, 0.4) is 0 Å². The molecule has 0 spiro atoms. The maximum Gasteiger partial charge on any atom is 0.317 e. The van der Waals surface area contributed by atoms with Gasteiger partial charge >= 0.3 is 6.03 Å². The van der Waals surface area contributed by atoms with Gasteiger partial charge in [-0.25, -0.2) is 4.79 Å². The van der Waals surface area contributed by atoms with Crippen molar-refractivity contribution in [3.8, 4) is 0 Å². The molecule has 100 valence electrons. The minimum Gasteiger partial charge on any atom is -0.395 e. The maximum absolute atomic E-state index is 11.7. The fourth-order valence-electron chi connectivity index (χ4n) is 1.64. The van der Waals surface area contributed by atoms with E-state index in [2.05, 4.69) is 5.32 Å². The maximum atomic E-state index is 11.7. The zero-order valence-corrected chi connectivity index (χ0v) is 11.3. The number of halogens is 1. The second-order valence-corrected chi connectivity index (χ2v) is 4.35. The smallest absolute Gasteiger partial charge is 0.317 e. The van der Waals surface area contributed by atoms with Gasteiger partial charge in [-0.2, -0.15) is 0 Å². The molecular formula is C13H19ClN2O2. The summed E-state index contributed by atoms with van der Waals surface area (Å²) in [5, 5.41) is 12.3. The average Bonchev–Trinajstić information content (AvgIpc) is 2.36. The van der Waals surface area contributed by atoms with Gasteiger partial charge in [-0.3, -0.25) is 0 Å². The third-order valence-corrected chi connectivity index (χ3v) is 2.85. The molecule has 2 amide bonds. The molecule has 0 unspecified atom stereocenters. The van der Waals surface area contributed by atoms with Crippen molar-refractivity contribution in [3.05, 3.63) is 34.9 Å². The van der Waals surface area contributed by atoms with Gasteiger partial charge in [0.2, 0.25) is 0 Å². The molecule has 0 aliphatic heterocycles. The number of amides is 2. The minimum atomic E-state index is -0.145. The highest BCUT2D eigenvalue weighted by Gasteiger charge is 2.09. The summed E-state index contributed by atoms with van der Waals surface area (Å²) in [6, 6.07) is 7.43. The molecule has 0 heterocycles. The van der Waals surface area contributed by atoms with Crippen LogP contribution in [0.2, 0.25) is 5.02 Å². The predicted molar refractivity (Wildman–Crippen MR) is 72.9 cm³/mol. The van der Waals surface area contributed by atoms with Crippen molar-refractivity contribution >= 4 is 17.6 Å². The summed E-state index contributed by atoms with van der Waals surface area (Å²) >= 11 is 5.88. The number of likely N-dealkylation sites (N-methyl/N-ethyl adjacent to an activating group) is 1. The number of benzene rings is 1. The molecule has 0 atom stereocenters. The van der Waals surface area contributed by atoms with Gasteiger partial charge in [-0.15, -0.1) is 0 Å². The van der Waals surface area contributed by atoms with E-state index in [-0.39, 0.29) is 12.6 Å². The zero-order chi connectivity index (χ0) is 13.4. The summed E-state index contributed by atoms with van der Waals surface area (Å²) in [6.45, 7) is 3.37. The lowest BCUT2D eigenvalue weighted by molar-refractivity contribution is 0.180. The Hall–Kier alpha value is -1.26. The van der Waals surface area contributed by atoms with Crippen molar-refractivity contribution in [1.29, 1.82) is 0 Å². The number of aliphatic hydroxyl groups is 1. The van der Waals surface area contributed by atoms with E-state index < -0.39 is 0 Å². The molecule has 0 aliphatic rings. The van der Waals surface area contributed by atoms with Gasteiger partial charge in [0.1, 0.15) is 0 Å². The van der Waals surface area contributed by atoms with Gasteiger partial charge in [0.25, 0.3) is 0 Å². The molecule has 2 N–H and O–H groups in total. The highest BCUT2D eigenvalue weighted by atomic mass is 35.5. The Morgan fingerprint density at radius 1 is 1.50 bits per heavy atom. The Balaban J connectivity index is 2.35. The Morgan fingerprint density at radius 2 is 2.28 bits per heavy atom. The second-order valence-electron chi connectivity index (χ2n) is 3.92. The van der Waals surface area contributed by atoms with Crippen LogP contribution in [0.1, 0.15) is 12.5 Å². The van der Waals surface area contributed by atoms with Crippen molar-refractivity contribution < 1.29 is 9.90 Å². The van der Waals surface area contributed by atoms with Crippen LogP contribution in [0.25, 0.3) is 0 Å². The normalized spacial score (nSPS) is 10.2. The molecule has 0 fully saturated rings. The number of nitrogens with one attached hydrogen (secondary N) is 1. The zero-order valence-electron chi connectivity index (χ0n) is 10.5. The van der Waals surface area contributed by atoms with E-state index in [4.69, 9.17) is 16.7 Å². The van der Waals surface area contributed by atoms with Crippen LogP contribution in [-0.4, -0.2) is 42.3 Å². The summed E-state index contributed by atoms with van der Waals surface area (Å²) in [4.78, 5) is 13.3. The first-order valence-corrected chi connectivity index (χ1v) is 6.43. The van der Waals surface area contributed by atoms with Crippen molar-refractivity contribution in [3.63, 3.8) is 0 Å². The van der Waals surface area contributed by atoms with E-state index in [0.717, 1.165) is 12.0 Å². The molecule has 5 heteroatoms. The number of carbonyl (C=O) groups excluding carboxylic acids is 1. The Labute approximate surface area is 113 Å². The molecule has 0 saturated heterocycles. The Kier molecular flexibility index (Phi) is 6.54. The molecule has 18 heavy (non-hydrogen) atoms. The Bertz CT molecular complexity index is 385. The molecule has 0 bridgehead atoms. The predicted octanol–water partition coefficient (Wildman–Crippen LogP) is 1.91. The summed E-state index contributed by atoms with van der Waals surface area (Å²) in [5.41, 5.74) is 1.09. The van der Waals surface area contributed by atoms with Gasteiger partial charge in [0.15, 0.2) is 0 Å². The van der Waals surface area contributed by atoms with Crippen LogP contribution < -0.4 is 5.32 Å². The van der Waals surface area contributed by atoms with Crippen molar-refractivity contribution in [2.24, 2.45) is 0 Å². The van der Waals surface area contributed by atoms with Gasteiger partial charge in [-0.1, -0.05) is 23.7 Å². The van der Waals surface area contributed by atoms with Crippen molar-refractivity contribution in [2.75, 3.05) is 26.2 Å². The van der Waals surface area contributed by atoms with E-state index in [1.165, 1.54) is 0 Å². The standard InChI is InChI=1S/C13H19ClN2O2/c1-2-16(8-9-17)13(18)15-7-6-11-4-3-5-12(14)10-11/h3-5,10,17H,2,6-9H2,1H3,(H,15,18). The lowest BCUT2D eigenvalue weighted by Crippen LogP contribution is -2.42. The SMILES string of the molecule is CCN(CCO)C(=O)NCCc1cccc(Cl)c1. The first kappa shape index (κ1) is 14.8. The van der Waals surface area contributed by atoms with Crippen molar-refractivity contribution in [1.82, 2.24) is 10.2 Å². The van der Waals surface area contributed by atoms with Gasteiger partial charge in [0, 0.05) is 24.7 Å². The van der Waals surface area contributed by atoms with Gasteiger partial charge in [-0.05, 0) is 31.0 Å².